The molecule has 1 aliphatic rings. The summed E-state index contributed by atoms with van der Waals surface area (Å²) in [4.78, 5) is 0. The first kappa shape index (κ1) is 21.5. The first-order chi connectivity index (χ1) is 11.8. The van der Waals surface area contributed by atoms with E-state index >= 15 is 0 Å². The number of hydrogen-bond donors (Lipinski definition) is 0. The second kappa shape index (κ2) is 7.33. The predicted octanol–water partition coefficient (Wildman–Crippen LogP) is 8.07. The van der Waals surface area contributed by atoms with Crippen molar-refractivity contribution in [1.29, 1.82) is 0 Å². The van der Waals surface area contributed by atoms with Gasteiger partial charge in [-0.25, -0.2) is 0 Å². The Bertz CT molecular complexity index is 661. The van der Waals surface area contributed by atoms with Gasteiger partial charge in [-0.15, -0.1) is 0 Å². The summed E-state index contributed by atoms with van der Waals surface area (Å²) in [5.74, 6) is 2.24. The van der Waals surface area contributed by atoms with Crippen LogP contribution in [0.2, 0.25) is 0 Å². The van der Waals surface area contributed by atoms with E-state index in [1.807, 2.05) is 0 Å². The highest BCUT2D eigenvalue weighted by Gasteiger charge is 2.48. The van der Waals surface area contributed by atoms with Crippen LogP contribution in [-0.4, -0.2) is 0 Å². The van der Waals surface area contributed by atoms with Gasteiger partial charge >= 0.3 is 0 Å². The van der Waals surface area contributed by atoms with Gasteiger partial charge in [-0.2, -0.15) is 0 Å². The van der Waals surface area contributed by atoms with Gasteiger partial charge in [0, 0.05) is 0 Å². The van der Waals surface area contributed by atoms with E-state index in [4.69, 9.17) is 0 Å². The number of fused-ring (bicyclic) bond motifs is 1. The van der Waals surface area contributed by atoms with Crippen LogP contribution in [0.4, 0.5) is 0 Å². The SMILES string of the molecule is Cc1c(C)c(C)c2c(c1C)CCC(C)(C(C)(C)CCC(C)C(C)C)C2C. The molecule has 0 N–H and O–H groups in total. The van der Waals surface area contributed by atoms with Gasteiger partial charge in [-0.1, -0.05) is 48.5 Å². The third kappa shape index (κ3) is 3.38. The zero-order valence-electron chi connectivity index (χ0n) is 19.6. The third-order valence-electron chi connectivity index (χ3n) is 9.06. The van der Waals surface area contributed by atoms with E-state index in [2.05, 4.69) is 76.2 Å². The molecule has 0 amide bonds. The molecular weight excluding hydrogens is 312 g/mol. The van der Waals surface area contributed by atoms with Crippen LogP contribution in [0.3, 0.4) is 0 Å². The van der Waals surface area contributed by atoms with Gasteiger partial charge in [0.2, 0.25) is 0 Å². The normalized spacial score (nSPS) is 24.7. The highest BCUT2D eigenvalue weighted by atomic mass is 14.5. The molecule has 2 rings (SSSR count). The van der Waals surface area contributed by atoms with Crippen molar-refractivity contribution in [2.45, 2.75) is 108 Å². The Hall–Kier alpha value is -0.780. The maximum atomic E-state index is 2.59. The molecule has 148 valence electrons. The van der Waals surface area contributed by atoms with E-state index in [-0.39, 0.29) is 0 Å². The minimum Gasteiger partial charge on any atom is -0.0625 e. The Morgan fingerprint density at radius 3 is 2.04 bits per heavy atom. The first-order valence-electron chi connectivity index (χ1n) is 10.9. The topological polar surface area (TPSA) is 0 Å². The van der Waals surface area contributed by atoms with Crippen LogP contribution in [0.15, 0.2) is 0 Å². The molecule has 0 bridgehead atoms. The fourth-order valence-electron chi connectivity index (χ4n) is 5.38. The molecule has 0 saturated heterocycles. The quantitative estimate of drug-likeness (QED) is 0.500. The van der Waals surface area contributed by atoms with Gasteiger partial charge < -0.3 is 0 Å². The number of benzene rings is 1. The molecule has 0 heterocycles. The molecule has 0 radical (unpaired) electrons. The van der Waals surface area contributed by atoms with Crippen molar-refractivity contribution in [2.75, 3.05) is 0 Å². The highest BCUT2D eigenvalue weighted by molar-refractivity contribution is 5.53. The van der Waals surface area contributed by atoms with Gasteiger partial charge in [0.1, 0.15) is 0 Å². The van der Waals surface area contributed by atoms with E-state index in [9.17, 15) is 0 Å². The lowest BCUT2D eigenvalue weighted by Crippen LogP contribution is -2.43. The predicted molar refractivity (Wildman–Crippen MR) is 117 cm³/mol. The average Bonchev–Trinajstić information content (AvgIpc) is 2.57. The van der Waals surface area contributed by atoms with E-state index in [1.165, 1.54) is 36.8 Å². The summed E-state index contributed by atoms with van der Waals surface area (Å²) in [7, 11) is 0. The lowest BCUT2D eigenvalue weighted by Gasteiger charge is -2.53. The van der Waals surface area contributed by atoms with Gasteiger partial charge in [0.15, 0.2) is 0 Å². The average molecular weight is 357 g/mol. The Morgan fingerprint density at radius 2 is 1.50 bits per heavy atom. The summed E-state index contributed by atoms with van der Waals surface area (Å²) >= 11 is 0. The molecule has 0 fully saturated rings. The molecule has 0 spiro atoms. The van der Waals surface area contributed by atoms with Crippen molar-refractivity contribution < 1.29 is 0 Å². The fourth-order valence-corrected chi connectivity index (χ4v) is 5.38. The molecule has 0 aliphatic heterocycles. The summed E-state index contributed by atoms with van der Waals surface area (Å²) in [6.45, 7) is 26.7. The molecule has 1 aliphatic carbocycles. The zero-order valence-corrected chi connectivity index (χ0v) is 19.6. The fraction of sp³-hybridized carbons (Fsp3) is 0.769. The van der Waals surface area contributed by atoms with Crippen LogP contribution in [-0.2, 0) is 6.42 Å². The highest BCUT2D eigenvalue weighted by Crippen LogP contribution is 2.58. The number of hydrogen-bond acceptors (Lipinski definition) is 0. The smallest absolute Gasteiger partial charge is 0.0126 e. The molecule has 26 heavy (non-hydrogen) atoms. The standard InChI is InChI=1S/C26H44/c1-16(2)17(3)12-14-25(9,10)26(11)15-13-23-20(6)18(4)19(5)21(7)24(23)22(26)8/h16-17,22H,12-15H2,1-11H3. The summed E-state index contributed by atoms with van der Waals surface area (Å²) < 4.78 is 0. The van der Waals surface area contributed by atoms with Crippen LogP contribution in [0.1, 0.15) is 107 Å². The van der Waals surface area contributed by atoms with Crippen molar-refractivity contribution >= 4 is 0 Å². The van der Waals surface area contributed by atoms with Crippen molar-refractivity contribution in [1.82, 2.24) is 0 Å². The molecule has 3 unspecified atom stereocenters. The zero-order chi connectivity index (χ0) is 20.0. The molecular formula is C26H44. The maximum Gasteiger partial charge on any atom is -0.0126 e. The van der Waals surface area contributed by atoms with Crippen LogP contribution in [0.5, 0.6) is 0 Å². The van der Waals surface area contributed by atoms with Gasteiger partial charge in [0.05, 0.1) is 0 Å². The van der Waals surface area contributed by atoms with Gasteiger partial charge in [0.25, 0.3) is 0 Å². The van der Waals surface area contributed by atoms with Crippen LogP contribution in [0.25, 0.3) is 0 Å². The summed E-state index contributed by atoms with van der Waals surface area (Å²) in [5, 5.41) is 0. The lowest BCUT2D eigenvalue weighted by atomic mass is 9.51. The van der Waals surface area contributed by atoms with Crippen molar-refractivity contribution in [2.24, 2.45) is 22.7 Å². The van der Waals surface area contributed by atoms with Crippen molar-refractivity contribution in [3.05, 3.63) is 33.4 Å². The molecule has 1 aromatic rings. The molecule has 3 atom stereocenters. The summed E-state index contributed by atoms with van der Waals surface area (Å²) in [6, 6.07) is 0. The van der Waals surface area contributed by atoms with E-state index in [0.717, 1.165) is 11.8 Å². The Morgan fingerprint density at radius 1 is 0.962 bits per heavy atom. The minimum absolute atomic E-state index is 0.367. The van der Waals surface area contributed by atoms with E-state index in [0.29, 0.717) is 16.7 Å². The minimum atomic E-state index is 0.367. The summed E-state index contributed by atoms with van der Waals surface area (Å²) in [5.41, 5.74) is 10.2. The van der Waals surface area contributed by atoms with E-state index in [1.54, 1.807) is 22.3 Å². The Kier molecular flexibility index (Phi) is 6.06. The third-order valence-corrected chi connectivity index (χ3v) is 9.06. The number of rotatable bonds is 5. The van der Waals surface area contributed by atoms with Crippen LogP contribution in [0, 0.1) is 50.4 Å². The lowest BCUT2D eigenvalue weighted by molar-refractivity contribution is 0.0286. The molecule has 0 heteroatoms. The summed E-state index contributed by atoms with van der Waals surface area (Å²) in [6.07, 6.45) is 5.27. The Balaban J connectivity index is 2.41. The monoisotopic (exact) mass is 356 g/mol. The maximum absolute atomic E-state index is 2.59. The van der Waals surface area contributed by atoms with Gasteiger partial charge in [-0.05, 0) is 115 Å². The van der Waals surface area contributed by atoms with E-state index < -0.39 is 0 Å². The second-order valence-corrected chi connectivity index (χ2v) is 10.7. The first-order valence-corrected chi connectivity index (χ1v) is 10.9. The molecule has 0 aromatic heterocycles. The van der Waals surface area contributed by atoms with Crippen molar-refractivity contribution in [3.63, 3.8) is 0 Å². The second-order valence-electron chi connectivity index (χ2n) is 10.7. The molecule has 0 saturated carbocycles. The largest absolute Gasteiger partial charge is 0.0625 e. The molecule has 1 aromatic carbocycles. The van der Waals surface area contributed by atoms with Gasteiger partial charge in [-0.3, -0.25) is 0 Å². The Labute approximate surface area is 164 Å². The van der Waals surface area contributed by atoms with Crippen molar-refractivity contribution in [3.8, 4) is 0 Å². The van der Waals surface area contributed by atoms with Crippen LogP contribution >= 0.6 is 0 Å². The van der Waals surface area contributed by atoms with Crippen LogP contribution < -0.4 is 0 Å². The molecule has 0 nitrogen and oxygen atoms in total.